The molecule has 19 heavy (non-hydrogen) atoms. The van der Waals surface area contributed by atoms with Crippen molar-refractivity contribution < 1.29 is 4.79 Å². The molecule has 0 saturated heterocycles. The molecule has 2 aromatic rings. The van der Waals surface area contributed by atoms with E-state index in [-0.39, 0.29) is 11.0 Å². The van der Waals surface area contributed by atoms with Crippen LogP contribution in [0.2, 0.25) is 5.02 Å². The third-order valence-corrected chi connectivity index (χ3v) is 3.88. The van der Waals surface area contributed by atoms with Crippen LogP contribution in [-0.4, -0.2) is 16.1 Å². The van der Waals surface area contributed by atoms with Crippen molar-refractivity contribution in [3.8, 4) is 0 Å². The van der Waals surface area contributed by atoms with E-state index in [1.807, 2.05) is 31.2 Å². The first-order valence-electron chi connectivity index (χ1n) is 5.67. The number of primary amides is 1. The molecule has 1 aromatic heterocycles. The molecular formula is C12H13ClN4OS. The summed E-state index contributed by atoms with van der Waals surface area (Å²) in [6, 6.07) is 7.61. The minimum absolute atomic E-state index is 0.00965. The lowest BCUT2D eigenvalue weighted by molar-refractivity contribution is 0.0999. The summed E-state index contributed by atoms with van der Waals surface area (Å²) in [5.74, 6) is -0.550. The fourth-order valence-electron chi connectivity index (χ4n) is 1.51. The Morgan fingerprint density at radius 1 is 1.53 bits per heavy atom. The summed E-state index contributed by atoms with van der Waals surface area (Å²) in [7, 11) is 0. The maximum absolute atomic E-state index is 10.9. The van der Waals surface area contributed by atoms with Gasteiger partial charge in [0.1, 0.15) is 5.01 Å². The fourth-order valence-corrected chi connectivity index (χ4v) is 2.45. The number of aromatic nitrogens is 2. The van der Waals surface area contributed by atoms with E-state index in [2.05, 4.69) is 15.5 Å². The van der Waals surface area contributed by atoms with Crippen molar-refractivity contribution in [3.05, 3.63) is 44.9 Å². The molecule has 0 aliphatic heterocycles. The van der Waals surface area contributed by atoms with E-state index in [1.54, 1.807) is 0 Å². The van der Waals surface area contributed by atoms with Gasteiger partial charge in [0.05, 0.1) is 6.04 Å². The molecule has 5 nitrogen and oxygen atoms in total. The quantitative estimate of drug-likeness (QED) is 0.886. The van der Waals surface area contributed by atoms with Gasteiger partial charge in [-0.2, -0.15) is 0 Å². The Balaban J connectivity index is 1.97. The highest BCUT2D eigenvalue weighted by Crippen LogP contribution is 2.18. The highest BCUT2D eigenvalue weighted by atomic mass is 35.5. The Hall–Kier alpha value is -1.50. The average molecular weight is 297 g/mol. The molecule has 1 atom stereocenters. The number of halogens is 1. The number of hydrogen-bond donors (Lipinski definition) is 2. The van der Waals surface area contributed by atoms with Crippen molar-refractivity contribution in [2.75, 3.05) is 0 Å². The van der Waals surface area contributed by atoms with E-state index in [0.717, 1.165) is 10.6 Å². The summed E-state index contributed by atoms with van der Waals surface area (Å²) in [4.78, 5) is 10.9. The number of nitrogens with zero attached hydrogens (tertiary/aromatic N) is 2. The molecule has 7 heteroatoms. The highest BCUT2D eigenvalue weighted by molar-refractivity contribution is 7.13. The summed E-state index contributed by atoms with van der Waals surface area (Å²) in [6.45, 7) is 2.61. The maximum Gasteiger partial charge on any atom is 0.279 e. The Bertz CT molecular complexity index is 587. The standard InChI is InChI=1S/C12H13ClN4OS/c1-7(11-16-17-12(19-11)10(14)18)15-6-8-3-2-4-9(13)5-8/h2-5,7,15H,6H2,1H3,(H2,14,18). The van der Waals surface area contributed by atoms with Gasteiger partial charge < -0.3 is 11.1 Å². The van der Waals surface area contributed by atoms with E-state index in [4.69, 9.17) is 17.3 Å². The SMILES string of the molecule is CC(NCc1cccc(Cl)c1)c1nnc(C(N)=O)s1. The molecule has 1 unspecified atom stereocenters. The lowest BCUT2D eigenvalue weighted by Crippen LogP contribution is -2.17. The van der Waals surface area contributed by atoms with Crippen LogP contribution in [0.5, 0.6) is 0 Å². The number of carbonyl (C=O) groups excluding carboxylic acids is 1. The van der Waals surface area contributed by atoms with Crippen LogP contribution in [0.25, 0.3) is 0 Å². The molecule has 0 radical (unpaired) electrons. The van der Waals surface area contributed by atoms with Crippen LogP contribution >= 0.6 is 22.9 Å². The second-order valence-electron chi connectivity index (χ2n) is 4.04. The molecule has 0 aliphatic carbocycles. The first-order chi connectivity index (χ1) is 9.06. The van der Waals surface area contributed by atoms with Gasteiger partial charge in [-0.25, -0.2) is 0 Å². The van der Waals surface area contributed by atoms with Gasteiger partial charge in [0.15, 0.2) is 0 Å². The first-order valence-corrected chi connectivity index (χ1v) is 6.86. The number of carbonyl (C=O) groups is 1. The van der Waals surface area contributed by atoms with E-state index in [9.17, 15) is 4.79 Å². The number of nitrogens with one attached hydrogen (secondary N) is 1. The molecule has 0 bridgehead atoms. The monoisotopic (exact) mass is 296 g/mol. The van der Waals surface area contributed by atoms with Crippen LogP contribution < -0.4 is 11.1 Å². The normalized spacial score (nSPS) is 12.3. The minimum atomic E-state index is -0.550. The Morgan fingerprint density at radius 2 is 2.32 bits per heavy atom. The molecule has 0 aliphatic rings. The van der Waals surface area contributed by atoms with Crippen LogP contribution in [0.1, 0.15) is 33.3 Å². The van der Waals surface area contributed by atoms with Gasteiger partial charge in [-0.1, -0.05) is 35.1 Å². The van der Waals surface area contributed by atoms with Crippen molar-refractivity contribution in [3.63, 3.8) is 0 Å². The molecule has 0 saturated carbocycles. The number of amides is 1. The summed E-state index contributed by atoms with van der Waals surface area (Å²) in [6.07, 6.45) is 0. The van der Waals surface area contributed by atoms with Gasteiger partial charge in [0.2, 0.25) is 5.01 Å². The fraction of sp³-hybridized carbons (Fsp3) is 0.250. The van der Waals surface area contributed by atoms with Gasteiger partial charge in [-0.3, -0.25) is 4.79 Å². The van der Waals surface area contributed by atoms with Crippen LogP contribution in [0.3, 0.4) is 0 Å². The highest BCUT2D eigenvalue weighted by Gasteiger charge is 2.14. The third kappa shape index (κ3) is 3.73. The van der Waals surface area contributed by atoms with Crippen molar-refractivity contribution in [2.45, 2.75) is 19.5 Å². The molecule has 3 N–H and O–H groups in total. The van der Waals surface area contributed by atoms with Crippen LogP contribution in [0.4, 0.5) is 0 Å². The second-order valence-corrected chi connectivity index (χ2v) is 5.49. The smallest absolute Gasteiger partial charge is 0.279 e. The van der Waals surface area contributed by atoms with E-state index in [0.29, 0.717) is 11.6 Å². The zero-order valence-corrected chi connectivity index (χ0v) is 11.8. The molecule has 0 spiro atoms. The summed E-state index contributed by atoms with van der Waals surface area (Å²) in [5, 5.41) is 12.6. The summed E-state index contributed by atoms with van der Waals surface area (Å²) < 4.78 is 0. The van der Waals surface area contributed by atoms with E-state index >= 15 is 0 Å². The largest absolute Gasteiger partial charge is 0.363 e. The lowest BCUT2D eigenvalue weighted by Gasteiger charge is -2.10. The molecule has 100 valence electrons. The van der Waals surface area contributed by atoms with Crippen molar-refractivity contribution in [1.82, 2.24) is 15.5 Å². The minimum Gasteiger partial charge on any atom is -0.363 e. The predicted molar refractivity (Wildman–Crippen MR) is 75.1 cm³/mol. The maximum atomic E-state index is 10.9. The predicted octanol–water partition coefficient (Wildman–Crippen LogP) is 2.14. The number of hydrogen-bond acceptors (Lipinski definition) is 5. The van der Waals surface area contributed by atoms with Gasteiger partial charge in [-0.15, -0.1) is 10.2 Å². The van der Waals surface area contributed by atoms with Crippen LogP contribution in [0, 0.1) is 0 Å². The van der Waals surface area contributed by atoms with Crippen molar-refractivity contribution in [2.24, 2.45) is 5.73 Å². The topological polar surface area (TPSA) is 80.9 Å². The Labute approximate surface area is 119 Å². The zero-order chi connectivity index (χ0) is 13.8. The van der Waals surface area contributed by atoms with E-state index in [1.165, 1.54) is 11.3 Å². The third-order valence-electron chi connectivity index (χ3n) is 2.52. The molecule has 1 aromatic carbocycles. The van der Waals surface area contributed by atoms with Gasteiger partial charge in [0, 0.05) is 11.6 Å². The summed E-state index contributed by atoms with van der Waals surface area (Å²) >= 11 is 7.12. The van der Waals surface area contributed by atoms with Crippen LogP contribution in [-0.2, 0) is 6.54 Å². The number of nitrogens with two attached hydrogens (primary N) is 1. The number of rotatable bonds is 5. The number of benzene rings is 1. The van der Waals surface area contributed by atoms with Gasteiger partial charge >= 0.3 is 0 Å². The van der Waals surface area contributed by atoms with E-state index < -0.39 is 5.91 Å². The molecule has 1 amide bonds. The van der Waals surface area contributed by atoms with Gasteiger partial charge in [-0.05, 0) is 24.6 Å². The first kappa shape index (κ1) is 13.9. The molecular weight excluding hydrogens is 284 g/mol. The zero-order valence-electron chi connectivity index (χ0n) is 10.3. The summed E-state index contributed by atoms with van der Waals surface area (Å²) in [5.41, 5.74) is 6.23. The van der Waals surface area contributed by atoms with Crippen molar-refractivity contribution in [1.29, 1.82) is 0 Å². The molecule has 0 fully saturated rings. The van der Waals surface area contributed by atoms with Crippen molar-refractivity contribution >= 4 is 28.8 Å². The lowest BCUT2D eigenvalue weighted by atomic mass is 10.2. The van der Waals surface area contributed by atoms with Crippen LogP contribution in [0.15, 0.2) is 24.3 Å². The van der Waals surface area contributed by atoms with Gasteiger partial charge in [0.25, 0.3) is 5.91 Å². The Morgan fingerprint density at radius 3 is 2.95 bits per heavy atom. The molecule has 1 heterocycles. The second kappa shape index (κ2) is 6.10. The average Bonchev–Trinajstić information content (AvgIpc) is 2.86. The molecule has 2 rings (SSSR count). The Kier molecular flexibility index (Phi) is 4.47.